The SMILES string of the molecule is COc1ccc(CN(C=O)C(=O)N(c2ccc(CNC(C)=O)cc2C)C2CCN(C(C)=O)CC2)cc1OC. The van der Waals surface area contributed by atoms with Crippen molar-refractivity contribution in [2.75, 3.05) is 32.2 Å². The highest BCUT2D eigenvalue weighted by atomic mass is 16.5. The lowest BCUT2D eigenvalue weighted by molar-refractivity contribution is -0.129. The first-order chi connectivity index (χ1) is 18.2. The Morgan fingerprint density at radius 2 is 1.66 bits per heavy atom. The average Bonchev–Trinajstić information content (AvgIpc) is 2.91. The molecule has 1 aliphatic heterocycles. The largest absolute Gasteiger partial charge is 0.493 e. The summed E-state index contributed by atoms with van der Waals surface area (Å²) in [6.45, 7) is 6.38. The molecule has 0 aromatic heterocycles. The summed E-state index contributed by atoms with van der Waals surface area (Å²) in [6, 6.07) is 10.2. The second kappa shape index (κ2) is 12.9. The summed E-state index contributed by atoms with van der Waals surface area (Å²) in [5.41, 5.74) is 3.13. The van der Waals surface area contributed by atoms with Crippen LogP contribution in [-0.2, 0) is 27.5 Å². The van der Waals surface area contributed by atoms with E-state index < -0.39 is 6.03 Å². The van der Waals surface area contributed by atoms with Crippen LogP contribution in [0, 0.1) is 6.92 Å². The number of benzene rings is 2. The molecule has 0 aliphatic carbocycles. The van der Waals surface area contributed by atoms with Gasteiger partial charge < -0.3 is 19.7 Å². The first-order valence-electron chi connectivity index (χ1n) is 12.5. The lowest BCUT2D eigenvalue weighted by atomic mass is 10.0. The maximum absolute atomic E-state index is 14.0. The molecule has 38 heavy (non-hydrogen) atoms. The van der Waals surface area contributed by atoms with Gasteiger partial charge in [-0.2, -0.15) is 0 Å². The Bertz CT molecular complexity index is 1180. The molecule has 0 unspecified atom stereocenters. The Labute approximate surface area is 223 Å². The van der Waals surface area contributed by atoms with Gasteiger partial charge in [-0.15, -0.1) is 0 Å². The van der Waals surface area contributed by atoms with Crippen molar-refractivity contribution in [2.24, 2.45) is 0 Å². The van der Waals surface area contributed by atoms with Crippen LogP contribution in [0.5, 0.6) is 11.5 Å². The highest BCUT2D eigenvalue weighted by Crippen LogP contribution is 2.31. The van der Waals surface area contributed by atoms with Gasteiger partial charge in [0.05, 0.1) is 20.8 Å². The molecule has 3 rings (SSSR count). The fourth-order valence-electron chi connectivity index (χ4n) is 4.68. The van der Waals surface area contributed by atoms with Gasteiger partial charge in [0.25, 0.3) is 0 Å². The molecule has 0 spiro atoms. The number of aryl methyl sites for hydroxylation is 1. The fraction of sp³-hybridized carbons (Fsp3) is 0.429. The topological polar surface area (TPSA) is 108 Å². The Kier molecular flexibility index (Phi) is 9.70. The second-order valence-corrected chi connectivity index (χ2v) is 9.34. The molecule has 1 N–H and O–H groups in total. The average molecular weight is 525 g/mol. The number of ether oxygens (including phenoxy) is 2. The molecule has 10 nitrogen and oxygen atoms in total. The van der Waals surface area contributed by atoms with E-state index in [0.717, 1.165) is 16.0 Å². The number of carbonyl (C=O) groups is 4. The summed E-state index contributed by atoms with van der Waals surface area (Å²) in [5, 5.41) is 2.78. The number of amides is 5. The Hall–Kier alpha value is -4.08. The molecule has 2 aromatic rings. The molecule has 204 valence electrons. The number of carbonyl (C=O) groups excluding carboxylic acids is 4. The maximum Gasteiger partial charge on any atom is 0.331 e. The molecule has 1 saturated heterocycles. The van der Waals surface area contributed by atoms with Crippen LogP contribution in [0.15, 0.2) is 36.4 Å². The van der Waals surface area contributed by atoms with Crippen molar-refractivity contribution in [3.8, 4) is 11.5 Å². The molecule has 10 heteroatoms. The van der Waals surface area contributed by atoms with Crippen LogP contribution in [-0.4, -0.2) is 67.4 Å². The summed E-state index contributed by atoms with van der Waals surface area (Å²) < 4.78 is 10.7. The molecule has 5 amide bonds. The van der Waals surface area contributed by atoms with E-state index in [1.807, 2.05) is 25.1 Å². The van der Waals surface area contributed by atoms with Crippen LogP contribution >= 0.6 is 0 Å². The van der Waals surface area contributed by atoms with Gasteiger partial charge in [0, 0.05) is 45.2 Å². The Morgan fingerprint density at radius 3 is 2.21 bits per heavy atom. The van der Waals surface area contributed by atoms with Crippen molar-refractivity contribution < 1.29 is 28.7 Å². The minimum atomic E-state index is -0.450. The number of rotatable bonds is 9. The van der Waals surface area contributed by atoms with Gasteiger partial charge in [-0.05, 0) is 54.7 Å². The molecule has 1 heterocycles. The zero-order chi connectivity index (χ0) is 27.8. The summed E-state index contributed by atoms with van der Waals surface area (Å²) in [5.74, 6) is 0.928. The van der Waals surface area contributed by atoms with Crippen LogP contribution in [0.4, 0.5) is 10.5 Å². The molecule has 1 aliphatic rings. The highest BCUT2D eigenvalue weighted by molar-refractivity contribution is 5.98. The van der Waals surface area contributed by atoms with Gasteiger partial charge in [-0.3, -0.25) is 24.2 Å². The van der Waals surface area contributed by atoms with Gasteiger partial charge in [-0.25, -0.2) is 4.79 Å². The third kappa shape index (κ3) is 6.81. The maximum atomic E-state index is 14.0. The number of anilines is 1. The van der Waals surface area contributed by atoms with Crippen molar-refractivity contribution >= 4 is 29.9 Å². The monoisotopic (exact) mass is 524 g/mol. The number of urea groups is 1. The summed E-state index contributed by atoms with van der Waals surface area (Å²) >= 11 is 0. The lowest BCUT2D eigenvalue weighted by Gasteiger charge is -2.40. The van der Waals surface area contributed by atoms with E-state index in [1.165, 1.54) is 21.1 Å². The van der Waals surface area contributed by atoms with E-state index in [0.29, 0.717) is 61.6 Å². The molecule has 2 aromatic carbocycles. The number of hydrogen-bond acceptors (Lipinski definition) is 6. The fourth-order valence-corrected chi connectivity index (χ4v) is 4.68. The minimum absolute atomic E-state index is 0.00259. The van der Waals surface area contributed by atoms with Gasteiger partial charge >= 0.3 is 6.03 Å². The molecule has 0 atom stereocenters. The molecule has 0 radical (unpaired) electrons. The number of imide groups is 1. The standard InChI is InChI=1S/C28H36N4O6/c1-19-14-22(16-29-20(2)34)6-8-25(19)32(24-10-12-30(13-11-24)21(3)35)28(36)31(18-33)17-23-7-9-26(37-4)27(15-23)38-5/h6-9,14-15,18,24H,10-13,16-17H2,1-5H3,(H,29,34). The van der Waals surface area contributed by atoms with Gasteiger partial charge in [-0.1, -0.05) is 18.2 Å². The van der Waals surface area contributed by atoms with Crippen LogP contribution in [0.1, 0.15) is 43.4 Å². The van der Waals surface area contributed by atoms with E-state index >= 15 is 0 Å². The summed E-state index contributed by atoms with van der Waals surface area (Å²) in [6.07, 6.45) is 1.71. The zero-order valence-corrected chi connectivity index (χ0v) is 22.7. The van der Waals surface area contributed by atoms with Gasteiger partial charge in [0.15, 0.2) is 11.5 Å². The predicted molar refractivity (Wildman–Crippen MR) is 143 cm³/mol. The zero-order valence-electron chi connectivity index (χ0n) is 22.7. The van der Waals surface area contributed by atoms with Crippen molar-refractivity contribution in [3.05, 3.63) is 53.1 Å². The van der Waals surface area contributed by atoms with E-state index in [1.54, 1.807) is 34.9 Å². The van der Waals surface area contributed by atoms with Crippen molar-refractivity contribution in [3.63, 3.8) is 0 Å². The highest BCUT2D eigenvalue weighted by Gasteiger charge is 2.33. The third-order valence-corrected chi connectivity index (χ3v) is 6.72. The second-order valence-electron chi connectivity index (χ2n) is 9.34. The van der Waals surface area contributed by atoms with Crippen molar-refractivity contribution in [2.45, 2.75) is 52.7 Å². The van der Waals surface area contributed by atoms with E-state index in [-0.39, 0.29) is 24.4 Å². The predicted octanol–water partition coefficient (Wildman–Crippen LogP) is 3.24. The smallest absolute Gasteiger partial charge is 0.331 e. The first kappa shape index (κ1) is 28.5. The van der Waals surface area contributed by atoms with E-state index in [2.05, 4.69) is 5.32 Å². The number of piperidine rings is 1. The first-order valence-corrected chi connectivity index (χ1v) is 12.5. The number of nitrogens with one attached hydrogen (secondary N) is 1. The summed E-state index contributed by atoms with van der Waals surface area (Å²) in [4.78, 5) is 54.0. The number of likely N-dealkylation sites (tertiary alicyclic amines) is 1. The van der Waals surface area contributed by atoms with E-state index in [4.69, 9.17) is 9.47 Å². The molecular formula is C28H36N4O6. The minimum Gasteiger partial charge on any atom is -0.493 e. The van der Waals surface area contributed by atoms with Crippen molar-refractivity contribution in [1.29, 1.82) is 0 Å². The lowest BCUT2D eigenvalue weighted by Crippen LogP contribution is -2.52. The third-order valence-electron chi connectivity index (χ3n) is 6.72. The number of hydrogen-bond donors (Lipinski definition) is 1. The normalized spacial score (nSPS) is 13.4. The van der Waals surface area contributed by atoms with Crippen LogP contribution in [0.3, 0.4) is 0 Å². The molecule has 1 fully saturated rings. The quantitative estimate of drug-likeness (QED) is 0.505. The van der Waals surface area contributed by atoms with Crippen LogP contribution in [0.2, 0.25) is 0 Å². The number of methoxy groups -OCH3 is 2. The molecule has 0 saturated carbocycles. The van der Waals surface area contributed by atoms with Crippen LogP contribution < -0.4 is 19.7 Å². The molecular weight excluding hydrogens is 488 g/mol. The Balaban J connectivity index is 1.93. The van der Waals surface area contributed by atoms with Crippen molar-refractivity contribution in [1.82, 2.24) is 15.1 Å². The van der Waals surface area contributed by atoms with E-state index in [9.17, 15) is 19.2 Å². The summed E-state index contributed by atoms with van der Waals surface area (Å²) in [7, 11) is 3.07. The van der Waals surface area contributed by atoms with Crippen LogP contribution in [0.25, 0.3) is 0 Å². The Morgan fingerprint density at radius 1 is 1.00 bits per heavy atom. The number of nitrogens with zero attached hydrogens (tertiary/aromatic N) is 3. The molecule has 0 bridgehead atoms. The van der Waals surface area contributed by atoms with Gasteiger partial charge in [0.2, 0.25) is 18.2 Å². The van der Waals surface area contributed by atoms with Gasteiger partial charge in [0.1, 0.15) is 0 Å².